The largest absolute Gasteiger partial charge is 0.242 e. The zero-order valence-corrected chi connectivity index (χ0v) is 18.4. The van der Waals surface area contributed by atoms with Crippen molar-refractivity contribution in [2.75, 3.05) is 0 Å². The van der Waals surface area contributed by atoms with Gasteiger partial charge in [0.2, 0.25) is 6.71 Å². The summed E-state index contributed by atoms with van der Waals surface area (Å²) in [6.07, 6.45) is 0. The van der Waals surface area contributed by atoms with Gasteiger partial charge in [0.15, 0.2) is 0 Å². The SMILES string of the molecule is Cc1cc(C)c(B(c2ccc3cccc-3cc2)c2c(C)cc(C)cc2C)c(C)c1. The smallest absolute Gasteiger partial charge is 0.0686 e. The molecule has 0 aromatic heterocycles. The van der Waals surface area contributed by atoms with Gasteiger partial charge < -0.3 is 0 Å². The van der Waals surface area contributed by atoms with E-state index in [0.29, 0.717) is 0 Å². The normalized spacial score (nSPS) is 11.1. The molecule has 144 valence electrons. The second-order valence-corrected chi connectivity index (χ2v) is 8.66. The minimum absolute atomic E-state index is 0.229. The van der Waals surface area contributed by atoms with Crippen LogP contribution in [0.25, 0.3) is 11.1 Å². The van der Waals surface area contributed by atoms with Crippen LogP contribution in [0.4, 0.5) is 0 Å². The molecule has 0 aliphatic heterocycles. The summed E-state index contributed by atoms with van der Waals surface area (Å²) in [5.74, 6) is 0. The molecule has 0 saturated carbocycles. The number of rotatable bonds is 3. The van der Waals surface area contributed by atoms with Gasteiger partial charge in [0.25, 0.3) is 0 Å². The van der Waals surface area contributed by atoms with Crippen LogP contribution in [0.2, 0.25) is 0 Å². The van der Waals surface area contributed by atoms with Crippen LogP contribution in [0.15, 0.2) is 66.7 Å². The summed E-state index contributed by atoms with van der Waals surface area (Å²) in [5, 5.41) is 0. The highest BCUT2D eigenvalue weighted by Crippen LogP contribution is 2.20. The van der Waals surface area contributed by atoms with Crippen LogP contribution in [0, 0.1) is 41.5 Å². The van der Waals surface area contributed by atoms with E-state index in [1.807, 2.05) is 0 Å². The second-order valence-electron chi connectivity index (χ2n) is 8.66. The lowest BCUT2D eigenvalue weighted by Gasteiger charge is -2.24. The highest BCUT2D eigenvalue weighted by molar-refractivity contribution is 6.96. The molecule has 0 saturated heterocycles. The Morgan fingerprint density at radius 1 is 0.483 bits per heavy atom. The molecule has 2 aromatic carbocycles. The van der Waals surface area contributed by atoms with E-state index in [9.17, 15) is 0 Å². The summed E-state index contributed by atoms with van der Waals surface area (Å²) >= 11 is 0. The summed E-state index contributed by atoms with van der Waals surface area (Å²) in [4.78, 5) is 0. The standard InChI is InChI=1S/C28H29B/c1-18-14-20(3)27(21(4)15-18)29(28-22(5)16-19(2)17-23(28)6)26-12-10-24-8-7-9-25(24)11-13-26/h7-17H,1-6H3. The van der Waals surface area contributed by atoms with Crippen molar-refractivity contribution in [3.05, 3.63) is 100 Å². The van der Waals surface area contributed by atoms with E-state index in [2.05, 4.69) is 108 Å². The molecule has 0 fully saturated rings. The second kappa shape index (κ2) is 7.56. The van der Waals surface area contributed by atoms with E-state index in [4.69, 9.17) is 0 Å². The van der Waals surface area contributed by atoms with Crippen molar-refractivity contribution in [3.63, 3.8) is 0 Å². The van der Waals surface area contributed by atoms with Gasteiger partial charge in [-0.15, -0.1) is 0 Å². The van der Waals surface area contributed by atoms with Gasteiger partial charge in [0.1, 0.15) is 0 Å². The van der Waals surface area contributed by atoms with Gasteiger partial charge in [-0.1, -0.05) is 116 Å². The van der Waals surface area contributed by atoms with Crippen molar-refractivity contribution >= 4 is 23.1 Å². The predicted octanol–water partition coefficient (Wildman–Crippen LogP) is 5.16. The first-order chi connectivity index (χ1) is 13.8. The van der Waals surface area contributed by atoms with E-state index in [-0.39, 0.29) is 6.71 Å². The zero-order valence-electron chi connectivity index (χ0n) is 18.4. The maximum absolute atomic E-state index is 2.33. The number of fused-ring (bicyclic) bond motifs is 1. The number of hydrogen-bond acceptors (Lipinski definition) is 0. The van der Waals surface area contributed by atoms with E-state index in [0.717, 1.165) is 0 Å². The molecule has 29 heavy (non-hydrogen) atoms. The van der Waals surface area contributed by atoms with E-state index in [1.165, 1.54) is 60.9 Å². The fourth-order valence-electron chi connectivity index (χ4n) is 5.14. The van der Waals surface area contributed by atoms with E-state index < -0.39 is 0 Å². The van der Waals surface area contributed by atoms with Crippen LogP contribution >= 0.6 is 0 Å². The van der Waals surface area contributed by atoms with Gasteiger partial charge in [0, 0.05) is 0 Å². The van der Waals surface area contributed by atoms with Gasteiger partial charge in [-0.05, 0) is 52.7 Å². The Balaban J connectivity index is 2.04. The number of aryl methyl sites for hydroxylation is 6. The molecule has 2 aliphatic carbocycles. The molecule has 0 heterocycles. The molecule has 0 bridgehead atoms. The van der Waals surface area contributed by atoms with Crippen LogP contribution in [0.1, 0.15) is 33.4 Å². The zero-order chi connectivity index (χ0) is 20.7. The Labute approximate surface area is 176 Å². The van der Waals surface area contributed by atoms with Crippen LogP contribution in [-0.2, 0) is 0 Å². The van der Waals surface area contributed by atoms with Gasteiger partial charge in [-0.3, -0.25) is 0 Å². The molecule has 2 aliphatic rings. The monoisotopic (exact) mass is 376 g/mol. The van der Waals surface area contributed by atoms with Gasteiger partial charge in [0.05, 0.1) is 0 Å². The summed E-state index contributed by atoms with van der Waals surface area (Å²) in [6.45, 7) is 13.7. The molecular weight excluding hydrogens is 347 g/mol. The highest BCUT2D eigenvalue weighted by Gasteiger charge is 2.28. The molecule has 4 rings (SSSR count). The van der Waals surface area contributed by atoms with E-state index in [1.54, 1.807) is 0 Å². The van der Waals surface area contributed by atoms with Crippen molar-refractivity contribution in [2.24, 2.45) is 0 Å². The number of benzene rings is 2. The van der Waals surface area contributed by atoms with Crippen LogP contribution in [0.3, 0.4) is 0 Å². The summed E-state index contributed by atoms with van der Waals surface area (Å²) in [6, 6.07) is 25.0. The van der Waals surface area contributed by atoms with Crippen LogP contribution < -0.4 is 16.4 Å². The molecule has 2 aromatic rings. The fraction of sp³-hybridized carbons (Fsp3) is 0.214. The molecule has 0 radical (unpaired) electrons. The predicted molar refractivity (Wildman–Crippen MR) is 129 cm³/mol. The van der Waals surface area contributed by atoms with Gasteiger partial charge in [-0.2, -0.15) is 0 Å². The minimum Gasteiger partial charge on any atom is -0.0686 e. The first kappa shape index (κ1) is 19.5. The van der Waals surface area contributed by atoms with Gasteiger partial charge in [-0.25, -0.2) is 0 Å². The summed E-state index contributed by atoms with van der Waals surface area (Å²) in [7, 11) is 0. The Hall–Kier alpha value is -2.80. The maximum Gasteiger partial charge on any atom is 0.242 e. The molecule has 1 heteroatoms. The van der Waals surface area contributed by atoms with Crippen molar-refractivity contribution in [1.29, 1.82) is 0 Å². The average Bonchev–Trinajstić information content (AvgIpc) is 2.98. The fourth-order valence-corrected chi connectivity index (χ4v) is 5.14. The lowest BCUT2D eigenvalue weighted by Crippen LogP contribution is -2.55. The third-order valence-electron chi connectivity index (χ3n) is 6.18. The molecule has 0 spiro atoms. The van der Waals surface area contributed by atoms with Crippen molar-refractivity contribution in [1.82, 2.24) is 0 Å². The quantitative estimate of drug-likeness (QED) is 0.434. The Kier molecular flexibility index (Phi) is 5.09. The van der Waals surface area contributed by atoms with Crippen molar-refractivity contribution in [2.45, 2.75) is 41.5 Å². The topological polar surface area (TPSA) is 0 Å². The minimum atomic E-state index is 0.229. The first-order valence-electron chi connectivity index (χ1n) is 10.5. The Morgan fingerprint density at radius 2 is 0.862 bits per heavy atom. The maximum atomic E-state index is 2.33. The number of hydrogen-bond donors (Lipinski definition) is 0. The molecular formula is C28H29B. The molecule has 0 amide bonds. The first-order valence-corrected chi connectivity index (χ1v) is 10.5. The highest BCUT2D eigenvalue weighted by atomic mass is 14.1. The molecule has 0 nitrogen and oxygen atoms in total. The Morgan fingerprint density at radius 3 is 1.24 bits per heavy atom. The van der Waals surface area contributed by atoms with Crippen molar-refractivity contribution < 1.29 is 0 Å². The third kappa shape index (κ3) is 3.62. The Bertz CT molecular complexity index is 1030. The van der Waals surface area contributed by atoms with Gasteiger partial charge >= 0.3 is 0 Å². The molecule has 0 unspecified atom stereocenters. The van der Waals surface area contributed by atoms with E-state index >= 15 is 0 Å². The molecule has 0 N–H and O–H groups in total. The third-order valence-corrected chi connectivity index (χ3v) is 6.18. The van der Waals surface area contributed by atoms with Crippen LogP contribution in [0.5, 0.6) is 0 Å². The molecule has 0 atom stereocenters. The van der Waals surface area contributed by atoms with Crippen molar-refractivity contribution in [3.8, 4) is 11.1 Å². The summed E-state index contributed by atoms with van der Waals surface area (Å²) in [5.41, 5.74) is 15.0. The van der Waals surface area contributed by atoms with Crippen LogP contribution in [-0.4, -0.2) is 6.71 Å². The lowest BCUT2D eigenvalue weighted by molar-refractivity contribution is 1.34. The lowest BCUT2D eigenvalue weighted by atomic mass is 9.34. The summed E-state index contributed by atoms with van der Waals surface area (Å²) < 4.78 is 0. The average molecular weight is 376 g/mol.